The standard InChI is InChI=1S/C13H6F3N3O2/c14-5-1-7(15)10(8(16)2-5)11-12(20)6-3-17-18-4-9(6)19-13(11)21/h1-4H,(H2,19,20,21). The van der Waals surface area contributed by atoms with Crippen molar-refractivity contribution in [1.82, 2.24) is 15.2 Å². The molecular formula is C13H6F3N3O2. The van der Waals surface area contributed by atoms with Gasteiger partial charge in [-0.3, -0.25) is 4.79 Å². The van der Waals surface area contributed by atoms with E-state index >= 15 is 0 Å². The van der Waals surface area contributed by atoms with Crippen LogP contribution < -0.4 is 5.56 Å². The number of aromatic nitrogens is 3. The minimum Gasteiger partial charge on any atom is -0.506 e. The lowest BCUT2D eigenvalue weighted by molar-refractivity contribution is 0.480. The minimum absolute atomic E-state index is 0.0581. The predicted octanol–water partition coefficient (Wildman–Crippen LogP) is 2.11. The first kappa shape index (κ1) is 13.1. The van der Waals surface area contributed by atoms with Crippen LogP contribution in [0.15, 0.2) is 29.3 Å². The van der Waals surface area contributed by atoms with E-state index in [1.165, 1.54) is 6.20 Å². The van der Waals surface area contributed by atoms with Gasteiger partial charge in [-0.25, -0.2) is 13.2 Å². The van der Waals surface area contributed by atoms with E-state index < -0.39 is 39.9 Å². The van der Waals surface area contributed by atoms with E-state index in [1.807, 2.05) is 0 Å². The van der Waals surface area contributed by atoms with Gasteiger partial charge in [0.05, 0.1) is 34.4 Å². The molecule has 0 unspecified atom stereocenters. The largest absolute Gasteiger partial charge is 0.506 e. The Morgan fingerprint density at radius 3 is 2.29 bits per heavy atom. The normalized spacial score (nSPS) is 11.0. The van der Waals surface area contributed by atoms with Crippen molar-refractivity contribution in [3.63, 3.8) is 0 Å². The van der Waals surface area contributed by atoms with E-state index in [2.05, 4.69) is 15.2 Å². The molecule has 5 nitrogen and oxygen atoms in total. The van der Waals surface area contributed by atoms with Crippen LogP contribution in [0, 0.1) is 17.5 Å². The number of hydrogen-bond donors (Lipinski definition) is 2. The monoisotopic (exact) mass is 293 g/mol. The number of halogens is 3. The summed E-state index contributed by atoms with van der Waals surface area (Å²) in [4.78, 5) is 14.3. The molecule has 2 N–H and O–H groups in total. The minimum atomic E-state index is -1.30. The third kappa shape index (κ3) is 2.00. The molecule has 106 valence electrons. The number of benzene rings is 1. The van der Waals surface area contributed by atoms with Crippen LogP contribution in [0.5, 0.6) is 5.75 Å². The van der Waals surface area contributed by atoms with E-state index in [0.717, 1.165) is 6.20 Å². The molecule has 8 heteroatoms. The summed E-state index contributed by atoms with van der Waals surface area (Å²) in [5.74, 6) is -4.38. The highest BCUT2D eigenvalue weighted by molar-refractivity contribution is 5.90. The Morgan fingerprint density at radius 2 is 1.62 bits per heavy atom. The molecule has 2 aromatic heterocycles. The van der Waals surface area contributed by atoms with E-state index in [4.69, 9.17) is 0 Å². The maximum Gasteiger partial charge on any atom is 0.260 e. The van der Waals surface area contributed by atoms with Crippen LogP contribution in [0.3, 0.4) is 0 Å². The molecule has 0 radical (unpaired) electrons. The van der Waals surface area contributed by atoms with Gasteiger partial charge in [0.2, 0.25) is 0 Å². The van der Waals surface area contributed by atoms with Crippen molar-refractivity contribution in [3.05, 3.63) is 52.3 Å². The molecule has 3 aromatic rings. The molecule has 0 aliphatic rings. The van der Waals surface area contributed by atoms with Crippen LogP contribution in [-0.2, 0) is 0 Å². The van der Waals surface area contributed by atoms with Gasteiger partial charge < -0.3 is 10.1 Å². The average molecular weight is 293 g/mol. The molecule has 3 rings (SSSR count). The van der Waals surface area contributed by atoms with E-state index in [-0.39, 0.29) is 10.9 Å². The number of nitrogens with zero attached hydrogens (tertiary/aromatic N) is 2. The lowest BCUT2D eigenvalue weighted by atomic mass is 10.0. The van der Waals surface area contributed by atoms with Gasteiger partial charge in [-0.15, -0.1) is 0 Å². The molecule has 0 fully saturated rings. The number of hydrogen-bond acceptors (Lipinski definition) is 4. The summed E-state index contributed by atoms with van der Waals surface area (Å²) in [6, 6.07) is 0.846. The van der Waals surface area contributed by atoms with Crippen LogP contribution in [0.1, 0.15) is 0 Å². The topological polar surface area (TPSA) is 78.9 Å². The molecular weight excluding hydrogens is 287 g/mol. The first-order valence-corrected chi connectivity index (χ1v) is 5.69. The third-order valence-electron chi connectivity index (χ3n) is 2.95. The van der Waals surface area contributed by atoms with Gasteiger partial charge in [0, 0.05) is 12.1 Å². The summed E-state index contributed by atoms with van der Waals surface area (Å²) in [7, 11) is 0. The highest BCUT2D eigenvalue weighted by atomic mass is 19.1. The van der Waals surface area contributed by atoms with Crippen molar-refractivity contribution < 1.29 is 18.3 Å². The Hall–Kier alpha value is -2.90. The molecule has 0 aliphatic heterocycles. The third-order valence-corrected chi connectivity index (χ3v) is 2.95. The maximum absolute atomic E-state index is 13.8. The first-order chi connectivity index (χ1) is 9.99. The van der Waals surface area contributed by atoms with Crippen molar-refractivity contribution in [2.24, 2.45) is 0 Å². The second-order valence-corrected chi connectivity index (χ2v) is 4.24. The lowest BCUT2D eigenvalue weighted by Crippen LogP contribution is -2.12. The second kappa shape index (κ2) is 4.58. The fourth-order valence-corrected chi connectivity index (χ4v) is 2.05. The molecule has 2 heterocycles. The molecule has 0 saturated heterocycles. The smallest absolute Gasteiger partial charge is 0.260 e. The number of aromatic hydroxyl groups is 1. The van der Waals surface area contributed by atoms with Crippen molar-refractivity contribution in [3.8, 4) is 16.9 Å². The van der Waals surface area contributed by atoms with Gasteiger partial charge in [0.1, 0.15) is 23.2 Å². The van der Waals surface area contributed by atoms with Crippen LogP contribution >= 0.6 is 0 Å². The highest BCUT2D eigenvalue weighted by Gasteiger charge is 2.22. The molecule has 21 heavy (non-hydrogen) atoms. The van der Waals surface area contributed by atoms with Gasteiger partial charge in [0.15, 0.2) is 0 Å². The zero-order chi connectivity index (χ0) is 15.1. The highest BCUT2D eigenvalue weighted by Crippen LogP contribution is 2.34. The van der Waals surface area contributed by atoms with E-state index in [0.29, 0.717) is 12.1 Å². The number of rotatable bonds is 1. The fraction of sp³-hybridized carbons (Fsp3) is 0. The average Bonchev–Trinajstić information content (AvgIpc) is 2.41. The Morgan fingerprint density at radius 1 is 1.00 bits per heavy atom. The lowest BCUT2D eigenvalue weighted by Gasteiger charge is -2.09. The quantitative estimate of drug-likeness (QED) is 0.720. The molecule has 1 aromatic carbocycles. The molecule has 0 bridgehead atoms. The van der Waals surface area contributed by atoms with Gasteiger partial charge in [-0.1, -0.05) is 0 Å². The van der Waals surface area contributed by atoms with E-state index in [9.17, 15) is 23.1 Å². The van der Waals surface area contributed by atoms with Gasteiger partial charge >= 0.3 is 0 Å². The summed E-state index contributed by atoms with van der Waals surface area (Å²) < 4.78 is 40.5. The summed E-state index contributed by atoms with van der Waals surface area (Å²) in [5, 5.41) is 17.2. The maximum atomic E-state index is 13.8. The summed E-state index contributed by atoms with van der Waals surface area (Å²) >= 11 is 0. The van der Waals surface area contributed by atoms with Crippen LogP contribution in [-0.4, -0.2) is 20.3 Å². The van der Waals surface area contributed by atoms with Crippen molar-refractivity contribution >= 4 is 10.9 Å². The number of pyridine rings is 1. The van der Waals surface area contributed by atoms with Crippen molar-refractivity contribution in [2.45, 2.75) is 0 Å². The van der Waals surface area contributed by atoms with Gasteiger partial charge in [-0.05, 0) is 0 Å². The van der Waals surface area contributed by atoms with E-state index in [1.54, 1.807) is 0 Å². The Labute approximate surface area is 114 Å². The summed E-state index contributed by atoms with van der Waals surface area (Å²) in [6.45, 7) is 0. The number of nitrogens with one attached hydrogen (secondary N) is 1. The summed E-state index contributed by atoms with van der Waals surface area (Å²) in [5.41, 5.74) is -2.23. The zero-order valence-corrected chi connectivity index (χ0v) is 10.2. The zero-order valence-electron chi connectivity index (χ0n) is 10.2. The molecule has 0 aliphatic carbocycles. The number of fused-ring (bicyclic) bond motifs is 1. The van der Waals surface area contributed by atoms with Crippen molar-refractivity contribution in [1.29, 1.82) is 0 Å². The molecule has 0 atom stereocenters. The second-order valence-electron chi connectivity index (χ2n) is 4.24. The number of H-pyrrole nitrogens is 1. The van der Waals surface area contributed by atoms with Crippen LogP contribution in [0.4, 0.5) is 13.2 Å². The Kier molecular flexibility index (Phi) is 2.86. The van der Waals surface area contributed by atoms with Crippen LogP contribution in [0.25, 0.3) is 22.0 Å². The SMILES string of the molecule is O=c1[nH]c2cnncc2c(O)c1-c1c(F)cc(F)cc1F. The summed E-state index contributed by atoms with van der Waals surface area (Å²) in [6.07, 6.45) is 2.31. The van der Waals surface area contributed by atoms with Crippen molar-refractivity contribution in [2.75, 3.05) is 0 Å². The number of aromatic amines is 1. The Bertz CT molecular complexity index is 901. The van der Waals surface area contributed by atoms with Gasteiger partial charge in [-0.2, -0.15) is 10.2 Å². The van der Waals surface area contributed by atoms with Crippen LogP contribution in [0.2, 0.25) is 0 Å². The molecule has 0 saturated carbocycles. The van der Waals surface area contributed by atoms with Gasteiger partial charge in [0.25, 0.3) is 5.56 Å². The predicted molar refractivity (Wildman–Crippen MR) is 67.1 cm³/mol. The Balaban J connectivity index is 2.44. The molecule has 0 spiro atoms. The first-order valence-electron chi connectivity index (χ1n) is 5.69. The fourth-order valence-electron chi connectivity index (χ4n) is 2.05. The molecule has 0 amide bonds.